The average Bonchev–Trinajstić information content (AvgIpc) is 1.98. The van der Waals surface area contributed by atoms with Crippen molar-refractivity contribution in [3.05, 3.63) is 0 Å². The quantitative estimate of drug-likeness (QED) is 0.575. The largest absolute Gasteiger partial charge is 0.385 e. The van der Waals surface area contributed by atoms with E-state index in [0.717, 1.165) is 6.42 Å². The van der Waals surface area contributed by atoms with E-state index in [4.69, 9.17) is 14.7 Å². The fourth-order valence-electron chi connectivity index (χ4n) is 0.654. The highest BCUT2D eigenvalue weighted by molar-refractivity contribution is 4.75. The van der Waals surface area contributed by atoms with E-state index in [1.165, 1.54) is 0 Å². The number of nitriles is 1. The van der Waals surface area contributed by atoms with E-state index >= 15 is 0 Å². The molecule has 0 rings (SSSR count). The Kier molecular flexibility index (Phi) is 6.14. The molecule has 0 spiro atoms. The maximum atomic E-state index is 8.30. The molecular weight excluding hydrogens is 130 g/mol. The van der Waals surface area contributed by atoms with E-state index in [1.807, 2.05) is 6.07 Å². The van der Waals surface area contributed by atoms with Crippen LogP contribution < -0.4 is 0 Å². The summed E-state index contributed by atoms with van der Waals surface area (Å²) in [5, 5.41) is 8.30. The van der Waals surface area contributed by atoms with Crippen molar-refractivity contribution >= 4 is 0 Å². The van der Waals surface area contributed by atoms with E-state index in [9.17, 15) is 0 Å². The maximum absolute atomic E-state index is 8.30. The summed E-state index contributed by atoms with van der Waals surface area (Å²) in [5.74, 6) is 0. The molecule has 0 N–H and O–H groups in total. The Morgan fingerprint density at radius 1 is 1.50 bits per heavy atom. The summed E-state index contributed by atoms with van der Waals surface area (Å²) in [6, 6.07) is 2.05. The number of ether oxygens (including phenoxy) is 2. The molecule has 0 bridgehead atoms. The third-order valence-corrected chi connectivity index (χ3v) is 1.30. The second-order valence-electron chi connectivity index (χ2n) is 2.00. The van der Waals surface area contributed by atoms with Crippen molar-refractivity contribution in [2.24, 2.45) is 0 Å². The van der Waals surface area contributed by atoms with Crippen molar-refractivity contribution in [3.63, 3.8) is 0 Å². The molecule has 58 valence electrons. The van der Waals surface area contributed by atoms with Crippen LogP contribution in [-0.2, 0) is 9.47 Å². The van der Waals surface area contributed by atoms with Crippen molar-refractivity contribution in [2.75, 3.05) is 20.8 Å². The SMILES string of the molecule is COCCC(CC#N)OC. The molecule has 0 amide bonds. The van der Waals surface area contributed by atoms with Crippen molar-refractivity contribution in [1.82, 2.24) is 0 Å². The summed E-state index contributed by atoms with van der Waals surface area (Å²) in [6.07, 6.45) is 1.27. The standard InChI is InChI=1S/C7H13NO2/c1-9-6-4-7(10-2)3-5-8/h7H,3-4,6H2,1-2H3. The van der Waals surface area contributed by atoms with Crippen LogP contribution in [0.1, 0.15) is 12.8 Å². The first-order valence-electron chi connectivity index (χ1n) is 3.23. The van der Waals surface area contributed by atoms with Crippen LogP contribution in [0.15, 0.2) is 0 Å². The van der Waals surface area contributed by atoms with Crippen LogP contribution in [0, 0.1) is 11.3 Å². The molecule has 3 heteroatoms. The molecule has 10 heavy (non-hydrogen) atoms. The Morgan fingerprint density at radius 3 is 2.60 bits per heavy atom. The fraction of sp³-hybridized carbons (Fsp3) is 0.857. The number of nitrogens with zero attached hydrogens (tertiary/aromatic N) is 1. The summed E-state index contributed by atoms with van der Waals surface area (Å²) in [6.45, 7) is 0.653. The van der Waals surface area contributed by atoms with Gasteiger partial charge in [-0.1, -0.05) is 0 Å². The highest BCUT2D eigenvalue weighted by Crippen LogP contribution is 2.00. The van der Waals surface area contributed by atoms with Crippen LogP contribution in [0.5, 0.6) is 0 Å². The van der Waals surface area contributed by atoms with Crippen LogP contribution >= 0.6 is 0 Å². The summed E-state index contributed by atoms with van der Waals surface area (Å²) in [4.78, 5) is 0. The zero-order chi connectivity index (χ0) is 7.82. The number of methoxy groups -OCH3 is 2. The molecule has 0 fully saturated rings. The lowest BCUT2D eigenvalue weighted by Crippen LogP contribution is -2.11. The lowest BCUT2D eigenvalue weighted by atomic mass is 10.2. The fourth-order valence-corrected chi connectivity index (χ4v) is 0.654. The van der Waals surface area contributed by atoms with Crippen molar-refractivity contribution in [2.45, 2.75) is 18.9 Å². The van der Waals surface area contributed by atoms with Crippen LogP contribution in [0.2, 0.25) is 0 Å². The molecule has 0 saturated carbocycles. The zero-order valence-electron chi connectivity index (χ0n) is 6.46. The average molecular weight is 143 g/mol. The second kappa shape index (κ2) is 6.53. The Balaban J connectivity index is 3.32. The Bertz CT molecular complexity index is 109. The second-order valence-corrected chi connectivity index (χ2v) is 2.00. The van der Waals surface area contributed by atoms with Gasteiger partial charge in [-0.05, 0) is 6.42 Å². The van der Waals surface area contributed by atoms with Gasteiger partial charge >= 0.3 is 0 Å². The van der Waals surface area contributed by atoms with Gasteiger partial charge in [0.15, 0.2) is 0 Å². The van der Waals surface area contributed by atoms with Gasteiger partial charge in [-0.25, -0.2) is 0 Å². The molecule has 0 aromatic rings. The smallest absolute Gasteiger partial charge is 0.0723 e. The molecule has 3 nitrogen and oxygen atoms in total. The summed E-state index contributed by atoms with van der Waals surface area (Å²) >= 11 is 0. The van der Waals surface area contributed by atoms with Crippen LogP contribution in [-0.4, -0.2) is 26.9 Å². The highest BCUT2D eigenvalue weighted by Gasteiger charge is 2.04. The minimum absolute atomic E-state index is 0.0324. The minimum Gasteiger partial charge on any atom is -0.385 e. The first-order valence-corrected chi connectivity index (χ1v) is 3.23. The number of hydrogen-bond donors (Lipinski definition) is 0. The molecular formula is C7H13NO2. The lowest BCUT2D eigenvalue weighted by Gasteiger charge is -2.09. The first kappa shape index (κ1) is 9.41. The number of rotatable bonds is 5. The Hall–Kier alpha value is -0.590. The molecule has 0 aliphatic heterocycles. The summed E-state index contributed by atoms with van der Waals surface area (Å²) in [7, 11) is 3.25. The molecule has 0 heterocycles. The van der Waals surface area contributed by atoms with Crippen molar-refractivity contribution < 1.29 is 9.47 Å². The van der Waals surface area contributed by atoms with Gasteiger partial charge in [-0.15, -0.1) is 0 Å². The minimum atomic E-state index is 0.0324. The maximum Gasteiger partial charge on any atom is 0.0723 e. The van der Waals surface area contributed by atoms with Gasteiger partial charge in [0.25, 0.3) is 0 Å². The van der Waals surface area contributed by atoms with Crippen LogP contribution in [0.4, 0.5) is 0 Å². The van der Waals surface area contributed by atoms with Crippen LogP contribution in [0.25, 0.3) is 0 Å². The summed E-state index contributed by atoms with van der Waals surface area (Å²) < 4.78 is 9.82. The molecule has 0 aromatic carbocycles. The van der Waals surface area contributed by atoms with Gasteiger partial charge in [-0.3, -0.25) is 0 Å². The van der Waals surface area contributed by atoms with E-state index < -0.39 is 0 Å². The van der Waals surface area contributed by atoms with Crippen molar-refractivity contribution in [3.8, 4) is 6.07 Å². The Morgan fingerprint density at radius 2 is 2.20 bits per heavy atom. The van der Waals surface area contributed by atoms with Gasteiger partial charge in [0.2, 0.25) is 0 Å². The topological polar surface area (TPSA) is 42.2 Å². The highest BCUT2D eigenvalue weighted by atomic mass is 16.5. The normalized spacial score (nSPS) is 12.5. The molecule has 0 saturated heterocycles. The Labute approximate surface area is 61.5 Å². The third kappa shape index (κ3) is 4.30. The van der Waals surface area contributed by atoms with Crippen molar-refractivity contribution in [1.29, 1.82) is 5.26 Å². The van der Waals surface area contributed by atoms with Gasteiger partial charge < -0.3 is 9.47 Å². The molecule has 0 aliphatic carbocycles. The first-order chi connectivity index (χ1) is 4.85. The van der Waals surface area contributed by atoms with E-state index in [0.29, 0.717) is 13.0 Å². The zero-order valence-corrected chi connectivity index (χ0v) is 6.46. The van der Waals surface area contributed by atoms with E-state index in [-0.39, 0.29) is 6.10 Å². The van der Waals surface area contributed by atoms with Gasteiger partial charge in [0.05, 0.1) is 18.6 Å². The molecule has 0 aromatic heterocycles. The number of hydrogen-bond acceptors (Lipinski definition) is 3. The predicted octanol–water partition coefficient (Wildman–Crippen LogP) is 0.952. The van der Waals surface area contributed by atoms with E-state index in [2.05, 4.69) is 0 Å². The predicted molar refractivity (Wildman–Crippen MR) is 37.5 cm³/mol. The third-order valence-electron chi connectivity index (χ3n) is 1.30. The monoisotopic (exact) mass is 143 g/mol. The molecule has 0 radical (unpaired) electrons. The van der Waals surface area contributed by atoms with Gasteiger partial charge in [0.1, 0.15) is 0 Å². The lowest BCUT2D eigenvalue weighted by molar-refractivity contribution is 0.0696. The van der Waals surface area contributed by atoms with Gasteiger partial charge in [0, 0.05) is 20.8 Å². The van der Waals surface area contributed by atoms with Crippen LogP contribution in [0.3, 0.4) is 0 Å². The molecule has 0 aliphatic rings. The van der Waals surface area contributed by atoms with E-state index in [1.54, 1.807) is 14.2 Å². The summed E-state index contributed by atoms with van der Waals surface area (Å²) in [5.41, 5.74) is 0. The molecule has 1 atom stereocenters. The van der Waals surface area contributed by atoms with Gasteiger partial charge in [-0.2, -0.15) is 5.26 Å². The molecule has 1 unspecified atom stereocenters.